The van der Waals surface area contributed by atoms with E-state index >= 15 is 0 Å². The van der Waals surface area contributed by atoms with Crippen LogP contribution >= 0.6 is 15.9 Å². The highest BCUT2D eigenvalue weighted by Crippen LogP contribution is 2.25. The van der Waals surface area contributed by atoms with E-state index in [-0.39, 0.29) is 6.10 Å². The molecule has 1 fully saturated rings. The Morgan fingerprint density at radius 3 is 3.06 bits per heavy atom. The van der Waals surface area contributed by atoms with Crippen molar-refractivity contribution in [1.82, 2.24) is 0 Å². The van der Waals surface area contributed by atoms with Crippen molar-refractivity contribution in [2.75, 3.05) is 24.6 Å². The summed E-state index contributed by atoms with van der Waals surface area (Å²) in [6.45, 7) is 4.83. The molecule has 3 nitrogen and oxygen atoms in total. The average molecular weight is 295 g/mol. The van der Waals surface area contributed by atoms with Crippen LogP contribution in [0.3, 0.4) is 0 Å². The number of halogens is 1. The summed E-state index contributed by atoms with van der Waals surface area (Å²) in [7, 11) is 0. The number of nitrogens with zero attached hydrogens (tertiary/aromatic N) is 2. The fourth-order valence-corrected chi connectivity index (χ4v) is 2.48. The fourth-order valence-electron chi connectivity index (χ4n) is 2.02. The Hall–Kier alpha value is -1.05. The predicted octanol–water partition coefficient (Wildman–Crippen LogP) is 2.94. The smallest absolute Gasteiger partial charge is 0.100 e. The van der Waals surface area contributed by atoms with E-state index in [2.05, 4.69) is 33.8 Å². The summed E-state index contributed by atoms with van der Waals surface area (Å²) < 4.78 is 6.48. The van der Waals surface area contributed by atoms with Crippen molar-refractivity contribution in [2.24, 2.45) is 0 Å². The zero-order valence-electron chi connectivity index (χ0n) is 9.82. The fraction of sp³-hybridized carbons (Fsp3) is 0.462. The Labute approximate surface area is 110 Å². The number of rotatable bonds is 1. The van der Waals surface area contributed by atoms with Crippen LogP contribution in [-0.4, -0.2) is 25.8 Å². The number of hydrogen-bond donors (Lipinski definition) is 0. The minimum atomic E-state index is 0.256. The lowest BCUT2D eigenvalue weighted by atomic mass is 10.2. The predicted molar refractivity (Wildman–Crippen MR) is 71.1 cm³/mol. The van der Waals surface area contributed by atoms with Crippen LogP contribution in [0.15, 0.2) is 22.7 Å². The molecule has 0 radical (unpaired) electrons. The molecule has 0 amide bonds. The molecule has 0 bridgehead atoms. The van der Waals surface area contributed by atoms with Gasteiger partial charge in [0.1, 0.15) is 6.07 Å². The number of hydrogen-bond acceptors (Lipinski definition) is 3. The molecule has 0 saturated carbocycles. The summed E-state index contributed by atoms with van der Waals surface area (Å²) in [6, 6.07) is 8.03. The first-order valence-corrected chi connectivity index (χ1v) is 6.56. The second-order valence-electron chi connectivity index (χ2n) is 4.26. The largest absolute Gasteiger partial charge is 0.377 e. The highest BCUT2D eigenvalue weighted by molar-refractivity contribution is 9.10. The van der Waals surface area contributed by atoms with Gasteiger partial charge in [-0.3, -0.25) is 0 Å². The highest BCUT2D eigenvalue weighted by Gasteiger charge is 2.16. The van der Waals surface area contributed by atoms with Gasteiger partial charge >= 0.3 is 0 Å². The molecule has 1 saturated heterocycles. The molecule has 1 aromatic rings. The van der Waals surface area contributed by atoms with E-state index in [4.69, 9.17) is 10.00 Å². The molecule has 17 heavy (non-hydrogen) atoms. The Morgan fingerprint density at radius 2 is 2.35 bits per heavy atom. The summed E-state index contributed by atoms with van der Waals surface area (Å²) in [6.07, 6.45) is 1.30. The summed E-state index contributed by atoms with van der Waals surface area (Å²) in [5.41, 5.74) is 1.82. The molecule has 0 spiro atoms. The van der Waals surface area contributed by atoms with E-state index in [0.717, 1.165) is 36.3 Å². The molecule has 1 aromatic carbocycles. The topological polar surface area (TPSA) is 36.3 Å². The van der Waals surface area contributed by atoms with Crippen molar-refractivity contribution in [3.63, 3.8) is 0 Å². The zero-order valence-corrected chi connectivity index (χ0v) is 11.4. The lowest BCUT2D eigenvalue weighted by Crippen LogP contribution is -2.30. The van der Waals surface area contributed by atoms with Gasteiger partial charge < -0.3 is 9.64 Å². The van der Waals surface area contributed by atoms with Crippen LogP contribution in [0.4, 0.5) is 5.69 Å². The van der Waals surface area contributed by atoms with E-state index in [1.807, 2.05) is 18.2 Å². The van der Waals surface area contributed by atoms with Crippen LogP contribution in [0.1, 0.15) is 18.9 Å². The summed E-state index contributed by atoms with van der Waals surface area (Å²) in [5.74, 6) is 0. The second-order valence-corrected chi connectivity index (χ2v) is 5.11. The molecule has 1 aliphatic heterocycles. The van der Waals surface area contributed by atoms with Gasteiger partial charge in [0.05, 0.1) is 11.7 Å². The Morgan fingerprint density at radius 1 is 1.53 bits per heavy atom. The highest BCUT2D eigenvalue weighted by atomic mass is 79.9. The monoisotopic (exact) mass is 294 g/mol. The molecule has 1 unspecified atom stereocenters. The Balaban J connectivity index is 2.21. The maximum Gasteiger partial charge on any atom is 0.100 e. The number of anilines is 1. The van der Waals surface area contributed by atoms with Crippen LogP contribution < -0.4 is 4.90 Å². The maximum atomic E-state index is 8.89. The third kappa shape index (κ3) is 2.99. The standard InChI is InChI=1S/C13H15BrN2O/c1-10-9-16(5-2-6-17-10)12-4-3-11(8-15)13(14)7-12/h3-4,7,10H,2,5-6,9H2,1H3. The third-order valence-corrected chi connectivity index (χ3v) is 3.55. The number of ether oxygens (including phenoxy) is 1. The molecule has 90 valence electrons. The van der Waals surface area contributed by atoms with Crippen molar-refractivity contribution in [3.8, 4) is 6.07 Å². The van der Waals surface area contributed by atoms with Gasteiger partial charge in [0.25, 0.3) is 0 Å². The first-order valence-electron chi connectivity index (χ1n) is 5.77. The van der Waals surface area contributed by atoms with Crippen LogP contribution in [0.5, 0.6) is 0 Å². The SMILES string of the molecule is CC1CN(c2ccc(C#N)c(Br)c2)CCCO1. The number of benzene rings is 1. The molecule has 0 aromatic heterocycles. The van der Waals surface area contributed by atoms with Crippen LogP contribution in [0.2, 0.25) is 0 Å². The van der Waals surface area contributed by atoms with Gasteiger partial charge in [0.2, 0.25) is 0 Å². The van der Waals surface area contributed by atoms with Crippen LogP contribution in [0, 0.1) is 11.3 Å². The van der Waals surface area contributed by atoms with Crippen molar-refractivity contribution in [1.29, 1.82) is 5.26 Å². The van der Waals surface area contributed by atoms with Gasteiger partial charge in [0.15, 0.2) is 0 Å². The summed E-state index contributed by atoms with van der Waals surface area (Å²) >= 11 is 3.43. The van der Waals surface area contributed by atoms with E-state index in [9.17, 15) is 0 Å². The quantitative estimate of drug-likeness (QED) is 0.799. The van der Waals surface area contributed by atoms with Crippen molar-refractivity contribution in [2.45, 2.75) is 19.4 Å². The van der Waals surface area contributed by atoms with Crippen molar-refractivity contribution >= 4 is 21.6 Å². The van der Waals surface area contributed by atoms with Gasteiger partial charge in [0, 0.05) is 29.9 Å². The van der Waals surface area contributed by atoms with Gasteiger partial charge in [-0.1, -0.05) is 0 Å². The molecule has 1 aliphatic rings. The lowest BCUT2D eigenvalue weighted by Gasteiger charge is -2.24. The van der Waals surface area contributed by atoms with Gasteiger partial charge in [-0.15, -0.1) is 0 Å². The van der Waals surface area contributed by atoms with Gasteiger partial charge in [-0.05, 0) is 47.5 Å². The average Bonchev–Trinajstić information content (AvgIpc) is 2.54. The van der Waals surface area contributed by atoms with E-state index in [1.54, 1.807) is 0 Å². The first kappa shape index (κ1) is 12.4. The summed E-state index contributed by atoms with van der Waals surface area (Å²) in [5, 5.41) is 8.89. The maximum absolute atomic E-state index is 8.89. The van der Waals surface area contributed by atoms with Crippen molar-refractivity contribution < 1.29 is 4.74 Å². The first-order chi connectivity index (χ1) is 8.20. The normalized spacial score (nSPS) is 20.8. The van der Waals surface area contributed by atoms with E-state index < -0.39 is 0 Å². The molecular formula is C13H15BrN2O. The van der Waals surface area contributed by atoms with Gasteiger partial charge in [-0.2, -0.15) is 5.26 Å². The minimum absolute atomic E-state index is 0.256. The molecule has 1 atom stereocenters. The summed E-state index contributed by atoms with van der Waals surface area (Å²) in [4.78, 5) is 2.31. The lowest BCUT2D eigenvalue weighted by molar-refractivity contribution is 0.0821. The molecule has 2 rings (SSSR count). The van der Waals surface area contributed by atoms with Crippen LogP contribution in [0.25, 0.3) is 0 Å². The zero-order chi connectivity index (χ0) is 12.3. The Kier molecular flexibility index (Phi) is 4.03. The van der Waals surface area contributed by atoms with E-state index in [1.165, 1.54) is 0 Å². The second kappa shape index (κ2) is 5.52. The van der Waals surface area contributed by atoms with Crippen LogP contribution in [-0.2, 0) is 4.74 Å². The minimum Gasteiger partial charge on any atom is -0.377 e. The molecular weight excluding hydrogens is 280 g/mol. The number of nitriles is 1. The molecule has 0 N–H and O–H groups in total. The van der Waals surface area contributed by atoms with E-state index in [0.29, 0.717) is 5.56 Å². The molecule has 4 heteroatoms. The molecule has 1 heterocycles. The Bertz CT molecular complexity index is 442. The third-order valence-electron chi connectivity index (χ3n) is 2.89. The molecule has 0 aliphatic carbocycles. The van der Waals surface area contributed by atoms with Gasteiger partial charge in [-0.25, -0.2) is 0 Å². The van der Waals surface area contributed by atoms with Crippen molar-refractivity contribution in [3.05, 3.63) is 28.2 Å².